The van der Waals surface area contributed by atoms with Gasteiger partial charge in [-0.2, -0.15) is 4.98 Å². The lowest BCUT2D eigenvalue weighted by Gasteiger charge is -2.19. The van der Waals surface area contributed by atoms with E-state index in [0.717, 1.165) is 11.1 Å². The van der Waals surface area contributed by atoms with Crippen LogP contribution < -0.4 is 16.0 Å². The number of aliphatic hydroxyl groups is 1. The second-order valence-electron chi connectivity index (χ2n) is 7.20. The Labute approximate surface area is 192 Å². The Morgan fingerprint density at radius 3 is 2.52 bits per heavy atom. The summed E-state index contributed by atoms with van der Waals surface area (Å²) in [6.45, 7) is 3.54. The fourth-order valence-electron chi connectivity index (χ4n) is 3.26. The van der Waals surface area contributed by atoms with Gasteiger partial charge in [-0.3, -0.25) is 4.79 Å². The number of carbonyl (C=O) groups excluding carboxylic acids is 2. The third-order valence-corrected chi connectivity index (χ3v) is 4.93. The molecule has 0 saturated heterocycles. The van der Waals surface area contributed by atoms with Crippen molar-refractivity contribution in [1.29, 1.82) is 0 Å². The Balaban J connectivity index is 1.92. The zero-order valence-corrected chi connectivity index (χ0v) is 18.8. The zero-order valence-electron chi connectivity index (χ0n) is 18.8. The van der Waals surface area contributed by atoms with Crippen molar-refractivity contribution in [3.05, 3.63) is 77.0 Å². The summed E-state index contributed by atoms with van der Waals surface area (Å²) < 4.78 is 5.13. The van der Waals surface area contributed by atoms with Gasteiger partial charge >= 0.3 is 5.97 Å². The summed E-state index contributed by atoms with van der Waals surface area (Å²) in [6, 6.07) is 14.1. The first-order chi connectivity index (χ1) is 16.0. The highest BCUT2D eigenvalue weighted by Gasteiger charge is 2.20. The molecule has 3 rings (SSSR count). The number of aliphatic hydroxyl groups excluding tert-OH is 1. The van der Waals surface area contributed by atoms with Gasteiger partial charge in [0, 0.05) is 24.5 Å². The van der Waals surface area contributed by atoms with Gasteiger partial charge in [-0.25, -0.2) is 9.78 Å². The number of esters is 1. The summed E-state index contributed by atoms with van der Waals surface area (Å²) in [5.74, 6) is -0.270. The molecule has 1 heterocycles. The maximum atomic E-state index is 12.5. The van der Waals surface area contributed by atoms with Crippen LogP contribution in [0.5, 0.6) is 0 Å². The van der Waals surface area contributed by atoms with Crippen LogP contribution >= 0.6 is 0 Å². The second kappa shape index (κ2) is 11.1. The number of ether oxygens (including phenoxy) is 1. The van der Waals surface area contributed by atoms with Crippen LogP contribution in [0, 0.1) is 6.92 Å². The first kappa shape index (κ1) is 23.7. The molecule has 0 fully saturated rings. The lowest BCUT2D eigenvalue weighted by atomic mass is 10.1. The Bertz CT molecular complexity index is 1120. The molecule has 1 amide bonds. The van der Waals surface area contributed by atoms with Crippen molar-refractivity contribution in [2.75, 3.05) is 30.9 Å². The van der Waals surface area contributed by atoms with Gasteiger partial charge in [0.2, 0.25) is 5.95 Å². The summed E-state index contributed by atoms with van der Waals surface area (Å²) in [7, 11) is 1.58. The molecule has 9 nitrogen and oxygen atoms in total. The Kier molecular flexibility index (Phi) is 7.93. The van der Waals surface area contributed by atoms with E-state index < -0.39 is 12.0 Å². The molecular weight excluding hydrogens is 422 g/mol. The van der Waals surface area contributed by atoms with Crippen LogP contribution in [0.25, 0.3) is 0 Å². The summed E-state index contributed by atoms with van der Waals surface area (Å²) in [4.78, 5) is 33.1. The van der Waals surface area contributed by atoms with Crippen LogP contribution in [0.2, 0.25) is 0 Å². The van der Waals surface area contributed by atoms with Crippen molar-refractivity contribution >= 4 is 29.3 Å². The third-order valence-electron chi connectivity index (χ3n) is 4.93. The van der Waals surface area contributed by atoms with Gasteiger partial charge in [0.25, 0.3) is 5.91 Å². The molecule has 1 unspecified atom stereocenters. The maximum absolute atomic E-state index is 12.5. The number of hydrogen-bond acceptors (Lipinski definition) is 8. The molecule has 0 bridgehead atoms. The number of rotatable bonds is 9. The first-order valence-corrected chi connectivity index (χ1v) is 10.5. The predicted octanol–water partition coefficient (Wildman–Crippen LogP) is 3.21. The summed E-state index contributed by atoms with van der Waals surface area (Å²) in [6.07, 6.45) is 1.38. The van der Waals surface area contributed by atoms with Gasteiger partial charge in [-0.05, 0) is 43.2 Å². The highest BCUT2D eigenvalue weighted by Crippen LogP contribution is 2.24. The fourth-order valence-corrected chi connectivity index (χ4v) is 3.26. The summed E-state index contributed by atoms with van der Waals surface area (Å²) >= 11 is 0. The van der Waals surface area contributed by atoms with E-state index in [-0.39, 0.29) is 36.5 Å². The monoisotopic (exact) mass is 449 g/mol. The highest BCUT2D eigenvalue weighted by molar-refractivity contribution is 5.96. The molecule has 3 aromatic rings. The molecule has 33 heavy (non-hydrogen) atoms. The van der Waals surface area contributed by atoms with E-state index in [0.29, 0.717) is 11.3 Å². The molecule has 0 radical (unpaired) electrons. The average molecular weight is 450 g/mol. The Hall–Kier alpha value is -3.98. The van der Waals surface area contributed by atoms with E-state index >= 15 is 0 Å². The molecule has 2 aromatic carbocycles. The topological polar surface area (TPSA) is 125 Å². The van der Waals surface area contributed by atoms with Gasteiger partial charge in [0.15, 0.2) is 0 Å². The molecule has 172 valence electrons. The number of nitrogens with one attached hydrogen (secondary N) is 3. The zero-order chi connectivity index (χ0) is 23.8. The maximum Gasteiger partial charge on any atom is 0.343 e. The molecule has 0 aliphatic rings. The van der Waals surface area contributed by atoms with Gasteiger partial charge < -0.3 is 25.8 Å². The lowest BCUT2D eigenvalue weighted by Crippen LogP contribution is -2.20. The van der Waals surface area contributed by atoms with Crippen molar-refractivity contribution in [2.45, 2.75) is 19.9 Å². The van der Waals surface area contributed by atoms with E-state index in [4.69, 9.17) is 4.74 Å². The second-order valence-corrected chi connectivity index (χ2v) is 7.20. The van der Waals surface area contributed by atoms with E-state index in [9.17, 15) is 14.7 Å². The van der Waals surface area contributed by atoms with Crippen LogP contribution in [-0.4, -0.2) is 47.2 Å². The standard InChI is InChI=1S/C24H27N5O4/c1-4-33-23(32)19-13-26-24(27-17-10-11-18(15(2)12-17)22(31)25-3)29-21(19)28-20(14-30)16-8-6-5-7-9-16/h5-13,20,30H,4,14H2,1-3H3,(H,25,31)(H2,26,27,28,29). The van der Waals surface area contributed by atoms with E-state index in [1.807, 2.05) is 37.3 Å². The lowest BCUT2D eigenvalue weighted by molar-refractivity contribution is 0.0526. The highest BCUT2D eigenvalue weighted by atomic mass is 16.5. The van der Waals surface area contributed by atoms with Crippen molar-refractivity contribution in [3.8, 4) is 0 Å². The van der Waals surface area contributed by atoms with Crippen LogP contribution in [-0.2, 0) is 4.74 Å². The van der Waals surface area contributed by atoms with Crippen molar-refractivity contribution in [2.24, 2.45) is 0 Å². The van der Waals surface area contributed by atoms with Crippen LogP contribution in [0.1, 0.15) is 44.8 Å². The van der Waals surface area contributed by atoms with Crippen molar-refractivity contribution < 1.29 is 19.4 Å². The van der Waals surface area contributed by atoms with Gasteiger partial charge in [-0.1, -0.05) is 30.3 Å². The number of aromatic nitrogens is 2. The number of aryl methyl sites for hydroxylation is 1. The Morgan fingerprint density at radius 2 is 1.88 bits per heavy atom. The number of anilines is 3. The number of benzene rings is 2. The Morgan fingerprint density at radius 1 is 1.12 bits per heavy atom. The number of carbonyl (C=O) groups is 2. The van der Waals surface area contributed by atoms with E-state index in [1.54, 1.807) is 32.2 Å². The van der Waals surface area contributed by atoms with Crippen LogP contribution in [0.4, 0.5) is 17.5 Å². The van der Waals surface area contributed by atoms with E-state index in [2.05, 4.69) is 25.9 Å². The third kappa shape index (κ3) is 5.83. The molecule has 4 N–H and O–H groups in total. The molecule has 0 aliphatic carbocycles. The van der Waals surface area contributed by atoms with Crippen LogP contribution in [0.3, 0.4) is 0 Å². The number of amides is 1. The van der Waals surface area contributed by atoms with Gasteiger partial charge in [-0.15, -0.1) is 0 Å². The molecule has 0 saturated carbocycles. The molecule has 9 heteroatoms. The van der Waals surface area contributed by atoms with Gasteiger partial charge in [0.1, 0.15) is 11.4 Å². The molecule has 1 aromatic heterocycles. The fraction of sp³-hybridized carbons (Fsp3) is 0.250. The largest absolute Gasteiger partial charge is 0.462 e. The normalized spacial score (nSPS) is 11.4. The molecular formula is C24H27N5O4. The average Bonchev–Trinajstić information content (AvgIpc) is 2.83. The quantitative estimate of drug-likeness (QED) is 0.367. The first-order valence-electron chi connectivity index (χ1n) is 10.5. The number of hydrogen-bond donors (Lipinski definition) is 4. The minimum atomic E-state index is -0.568. The minimum absolute atomic E-state index is 0.155. The minimum Gasteiger partial charge on any atom is -0.462 e. The molecule has 1 atom stereocenters. The summed E-state index contributed by atoms with van der Waals surface area (Å²) in [5.41, 5.74) is 3.02. The van der Waals surface area contributed by atoms with Crippen molar-refractivity contribution in [1.82, 2.24) is 15.3 Å². The molecule has 0 spiro atoms. The number of nitrogens with zero attached hydrogens (tertiary/aromatic N) is 2. The molecule has 0 aliphatic heterocycles. The smallest absolute Gasteiger partial charge is 0.343 e. The van der Waals surface area contributed by atoms with Crippen molar-refractivity contribution in [3.63, 3.8) is 0 Å². The van der Waals surface area contributed by atoms with E-state index in [1.165, 1.54) is 6.20 Å². The SMILES string of the molecule is CCOC(=O)c1cnc(Nc2ccc(C(=O)NC)c(C)c2)nc1NC(CO)c1ccccc1. The predicted molar refractivity (Wildman–Crippen MR) is 126 cm³/mol. The summed E-state index contributed by atoms with van der Waals surface area (Å²) in [5, 5.41) is 18.8. The van der Waals surface area contributed by atoms with Crippen LogP contribution in [0.15, 0.2) is 54.7 Å². The van der Waals surface area contributed by atoms with Gasteiger partial charge in [0.05, 0.1) is 19.3 Å².